The summed E-state index contributed by atoms with van der Waals surface area (Å²) in [5.41, 5.74) is 0. The van der Waals surface area contributed by atoms with Gasteiger partial charge >= 0.3 is 5.97 Å². The van der Waals surface area contributed by atoms with Crippen LogP contribution in [0.5, 0.6) is 0 Å². The molecule has 0 aliphatic carbocycles. The Morgan fingerprint density at radius 2 is 2.28 bits per heavy atom. The minimum Gasteiger partial charge on any atom is -0.481 e. The van der Waals surface area contributed by atoms with Gasteiger partial charge in [-0.1, -0.05) is 5.92 Å². The number of hydrogen-bond donors (Lipinski definition) is 2. The number of rotatable bonds is 4. The fourth-order valence-electron chi connectivity index (χ4n) is 3.32. The zero-order valence-corrected chi connectivity index (χ0v) is 10.4. The van der Waals surface area contributed by atoms with E-state index in [0.717, 1.165) is 12.8 Å². The number of terminal acetylenes is 1. The van der Waals surface area contributed by atoms with Gasteiger partial charge in [-0.15, -0.1) is 6.42 Å². The molecule has 5 nitrogen and oxygen atoms in total. The molecule has 98 valence electrons. The fourth-order valence-corrected chi connectivity index (χ4v) is 3.32. The van der Waals surface area contributed by atoms with Gasteiger partial charge in [-0.05, 0) is 26.2 Å². The van der Waals surface area contributed by atoms with Crippen LogP contribution in [0.4, 0.5) is 0 Å². The molecule has 0 aromatic carbocycles. The Bertz CT molecular complexity index is 402. The molecule has 5 heteroatoms. The summed E-state index contributed by atoms with van der Waals surface area (Å²) in [6.45, 7) is 2.04. The molecule has 0 spiro atoms. The maximum atomic E-state index is 11.9. The number of carboxylic acids is 1. The molecular weight excluding hydrogens is 232 g/mol. The zero-order chi connectivity index (χ0) is 13.3. The van der Waals surface area contributed by atoms with Crippen molar-refractivity contribution in [3.05, 3.63) is 0 Å². The standard InChI is InChI=1S/C13H18N2O3/c1-3-6-14-12(16)8(2)15-9-4-5-11(15)10(7-9)13(17)18/h1,8-11H,4-7H2,2H3,(H,14,16)(H,17,18). The molecular formula is C13H18N2O3. The average Bonchev–Trinajstić information content (AvgIpc) is 2.92. The first-order chi connectivity index (χ1) is 8.56. The van der Waals surface area contributed by atoms with Crippen LogP contribution in [0.25, 0.3) is 0 Å². The van der Waals surface area contributed by atoms with Gasteiger partial charge < -0.3 is 10.4 Å². The number of hydrogen-bond acceptors (Lipinski definition) is 3. The predicted molar refractivity (Wildman–Crippen MR) is 65.7 cm³/mol. The molecule has 2 bridgehead atoms. The van der Waals surface area contributed by atoms with Crippen LogP contribution in [0.3, 0.4) is 0 Å². The Hall–Kier alpha value is -1.54. The van der Waals surface area contributed by atoms with Crippen molar-refractivity contribution in [2.45, 2.75) is 44.3 Å². The van der Waals surface area contributed by atoms with Crippen molar-refractivity contribution in [2.24, 2.45) is 5.92 Å². The van der Waals surface area contributed by atoms with Gasteiger partial charge in [0.05, 0.1) is 18.5 Å². The van der Waals surface area contributed by atoms with Crippen LogP contribution in [0.1, 0.15) is 26.2 Å². The largest absolute Gasteiger partial charge is 0.481 e. The van der Waals surface area contributed by atoms with Gasteiger partial charge in [0.25, 0.3) is 0 Å². The third-order valence-corrected chi connectivity index (χ3v) is 4.10. The van der Waals surface area contributed by atoms with Crippen molar-refractivity contribution in [1.29, 1.82) is 0 Å². The molecule has 2 aliphatic rings. The lowest BCUT2D eigenvalue weighted by atomic mass is 9.89. The number of carbonyl (C=O) groups is 2. The second-order valence-corrected chi connectivity index (χ2v) is 5.02. The molecule has 0 saturated carbocycles. The van der Waals surface area contributed by atoms with E-state index in [1.54, 1.807) is 0 Å². The topological polar surface area (TPSA) is 69.6 Å². The quantitative estimate of drug-likeness (QED) is 0.692. The van der Waals surface area contributed by atoms with Crippen molar-refractivity contribution >= 4 is 11.9 Å². The van der Waals surface area contributed by atoms with Gasteiger partial charge in [-0.25, -0.2) is 0 Å². The summed E-state index contributed by atoms with van der Waals surface area (Å²) in [4.78, 5) is 25.1. The molecule has 2 rings (SSSR count). The summed E-state index contributed by atoms with van der Waals surface area (Å²) in [5, 5.41) is 11.8. The highest BCUT2D eigenvalue weighted by atomic mass is 16.4. The molecule has 4 unspecified atom stereocenters. The normalized spacial score (nSPS) is 31.9. The van der Waals surface area contributed by atoms with E-state index in [9.17, 15) is 9.59 Å². The first-order valence-corrected chi connectivity index (χ1v) is 6.27. The molecule has 0 radical (unpaired) electrons. The number of carbonyl (C=O) groups excluding carboxylic acids is 1. The Morgan fingerprint density at radius 1 is 1.56 bits per heavy atom. The van der Waals surface area contributed by atoms with Crippen molar-refractivity contribution in [3.63, 3.8) is 0 Å². The molecule has 18 heavy (non-hydrogen) atoms. The van der Waals surface area contributed by atoms with Crippen LogP contribution >= 0.6 is 0 Å². The highest BCUT2D eigenvalue weighted by Crippen LogP contribution is 2.42. The van der Waals surface area contributed by atoms with Crippen LogP contribution in [-0.2, 0) is 9.59 Å². The van der Waals surface area contributed by atoms with Gasteiger partial charge in [0.1, 0.15) is 0 Å². The van der Waals surface area contributed by atoms with E-state index in [2.05, 4.69) is 16.1 Å². The van der Waals surface area contributed by atoms with E-state index in [1.165, 1.54) is 0 Å². The Kier molecular flexibility index (Phi) is 3.58. The molecule has 4 atom stereocenters. The van der Waals surface area contributed by atoms with Gasteiger partial charge in [-0.2, -0.15) is 0 Å². The lowest BCUT2D eigenvalue weighted by molar-refractivity contribution is -0.143. The van der Waals surface area contributed by atoms with Gasteiger partial charge in [0.2, 0.25) is 5.91 Å². The third kappa shape index (κ3) is 2.08. The second kappa shape index (κ2) is 4.99. The maximum absolute atomic E-state index is 11.9. The SMILES string of the molecule is C#CCNC(=O)C(C)N1C2CCC1C(C(=O)O)C2. The minimum absolute atomic E-state index is 0.000847. The van der Waals surface area contributed by atoms with Crippen LogP contribution in [0.15, 0.2) is 0 Å². The fraction of sp³-hybridized carbons (Fsp3) is 0.692. The molecule has 2 aliphatic heterocycles. The van der Waals surface area contributed by atoms with Gasteiger partial charge in [-0.3, -0.25) is 14.5 Å². The smallest absolute Gasteiger partial charge is 0.308 e. The van der Waals surface area contributed by atoms with E-state index >= 15 is 0 Å². The van der Waals surface area contributed by atoms with Crippen molar-refractivity contribution in [1.82, 2.24) is 10.2 Å². The average molecular weight is 250 g/mol. The van der Waals surface area contributed by atoms with Crippen molar-refractivity contribution in [2.75, 3.05) is 6.54 Å². The molecule has 0 aromatic rings. The molecule has 2 saturated heterocycles. The van der Waals surface area contributed by atoms with E-state index in [1.807, 2.05) is 6.92 Å². The second-order valence-electron chi connectivity index (χ2n) is 5.02. The van der Waals surface area contributed by atoms with E-state index in [-0.39, 0.29) is 36.5 Å². The molecule has 2 fully saturated rings. The summed E-state index contributed by atoms with van der Waals surface area (Å²) in [6.07, 6.45) is 7.62. The number of carboxylic acid groups (broad SMARTS) is 1. The molecule has 2 N–H and O–H groups in total. The summed E-state index contributed by atoms with van der Waals surface area (Å²) in [6, 6.07) is -0.0815. The lowest BCUT2D eigenvalue weighted by Crippen LogP contribution is -2.48. The summed E-state index contributed by atoms with van der Waals surface area (Å²) >= 11 is 0. The van der Waals surface area contributed by atoms with Gasteiger partial charge in [0, 0.05) is 12.1 Å². The number of fused-ring (bicyclic) bond motifs is 2. The predicted octanol–water partition coefficient (Wildman–Crippen LogP) is 0.0618. The van der Waals surface area contributed by atoms with E-state index in [0.29, 0.717) is 6.42 Å². The monoisotopic (exact) mass is 250 g/mol. The van der Waals surface area contributed by atoms with Crippen LogP contribution in [0, 0.1) is 18.3 Å². The first-order valence-electron chi connectivity index (χ1n) is 6.27. The number of nitrogens with zero attached hydrogens (tertiary/aromatic N) is 1. The van der Waals surface area contributed by atoms with Crippen LogP contribution in [0.2, 0.25) is 0 Å². The number of nitrogens with one attached hydrogen (secondary N) is 1. The van der Waals surface area contributed by atoms with Crippen LogP contribution < -0.4 is 5.32 Å². The Labute approximate surface area is 107 Å². The highest BCUT2D eigenvalue weighted by Gasteiger charge is 2.51. The van der Waals surface area contributed by atoms with E-state index < -0.39 is 5.97 Å². The molecule has 1 amide bonds. The molecule has 2 heterocycles. The zero-order valence-electron chi connectivity index (χ0n) is 10.4. The number of amides is 1. The van der Waals surface area contributed by atoms with Crippen molar-refractivity contribution in [3.8, 4) is 12.3 Å². The lowest BCUT2D eigenvalue weighted by Gasteiger charge is -2.28. The highest BCUT2D eigenvalue weighted by molar-refractivity contribution is 5.82. The van der Waals surface area contributed by atoms with Crippen molar-refractivity contribution < 1.29 is 14.7 Å². The first kappa shape index (κ1) is 12.9. The molecule has 0 aromatic heterocycles. The summed E-state index contributed by atoms with van der Waals surface area (Å²) in [5.74, 6) is 1.18. The third-order valence-electron chi connectivity index (χ3n) is 4.10. The van der Waals surface area contributed by atoms with E-state index in [4.69, 9.17) is 11.5 Å². The summed E-state index contributed by atoms with van der Waals surface area (Å²) < 4.78 is 0. The Morgan fingerprint density at radius 3 is 2.83 bits per heavy atom. The maximum Gasteiger partial charge on any atom is 0.308 e. The van der Waals surface area contributed by atoms with Gasteiger partial charge in [0.15, 0.2) is 0 Å². The summed E-state index contributed by atoms with van der Waals surface area (Å²) in [7, 11) is 0. The number of aliphatic carboxylic acids is 1. The minimum atomic E-state index is -0.747. The van der Waals surface area contributed by atoms with Crippen LogP contribution in [-0.4, -0.2) is 46.6 Å². The Balaban J connectivity index is 2.04.